The van der Waals surface area contributed by atoms with Crippen LogP contribution in [0.25, 0.3) is 0 Å². The van der Waals surface area contributed by atoms with E-state index in [-0.39, 0.29) is 24.0 Å². The lowest BCUT2D eigenvalue weighted by atomic mass is 9.83. The smallest absolute Gasteiger partial charge is 0.228 e. The van der Waals surface area contributed by atoms with E-state index in [1.807, 2.05) is 13.8 Å². The van der Waals surface area contributed by atoms with E-state index in [0.717, 1.165) is 0 Å². The summed E-state index contributed by atoms with van der Waals surface area (Å²) in [6.45, 7) is 5.76. The second-order valence-corrected chi connectivity index (χ2v) is 4.67. The Labute approximate surface area is 88.7 Å². The van der Waals surface area contributed by atoms with E-state index in [0.29, 0.717) is 6.61 Å². The van der Waals surface area contributed by atoms with Gasteiger partial charge in [-0.1, -0.05) is 0 Å². The Morgan fingerprint density at radius 1 is 1.60 bits per heavy atom. The second-order valence-electron chi connectivity index (χ2n) is 4.67. The summed E-state index contributed by atoms with van der Waals surface area (Å²) in [7, 11) is 0. The number of nitrogens with one attached hydrogen (secondary N) is 1. The molecule has 0 spiro atoms. The highest BCUT2D eigenvalue weighted by Gasteiger charge is 2.50. The predicted octanol–water partition coefficient (Wildman–Crippen LogP) is -0.367. The standard InChI is InChI=1S/C10H17NO4/c1-5(12)7-8(11-9(7)13)6-4-14-10(2,3)15-6/h5-8,12H,4H2,1-3H3,(H,11,13)/t5-,6-,7-,8-/m1/s1. The molecule has 1 amide bonds. The van der Waals surface area contributed by atoms with Crippen molar-refractivity contribution in [3.05, 3.63) is 0 Å². The van der Waals surface area contributed by atoms with Gasteiger partial charge in [-0.25, -0.2) is 0 Å². The third-order valence-corrected chi connectivity index (χ3v) is 2.95. The number of carbonyl (C=O) groups excluding carboxylic acids is 1. The first-order valence-corrected chi connectivity index (χ1v) is 5.21. The molecule has 0 unspecified atom stereocenters. The van der Waals surface area contributed by atoms with Gasteiger partial charge in [0.1, 0.15) is 6.10 Å². The molecular formula is C10H17NO4. The normalized spacial score (nSPS) is 40.8. The average Bonchev–Trinajstić information content (AvgIpc) is 2.40. The van der Waals surface area contributed by atoms with Gasteiger partial charge >= 0.3 is 0 Å². The van der Waals surface area contributed by atoms with Gasteiger partial charge in [0.05, 0.1) is 24.7 Å². The number of aliphatic hydroxyl groups excluding tert-OH is 1. The van der Waals surface area contributed by atoms with Crippen LogP contribution in [0.1, 0.15) is 20.8 Å². The summed E-state index contributed by atoms with van der Waals surface area (Å²) in [5, 5.41) is 12.2. The molecule has 2 N–H and O–H groups in total. The van der Waals surface area contributed by atoms with Crippen LogP contribution in [-0.2, 0) is 14.3 Å². The molecule has 2 saturated heterocycles. The molecule has 0 aromatic heterocycles. The fraction of sp³-hybridized carbons (Fsp3) is 0.900. The number of rotatable bonds is 2. The zero-order valence-corrected chi connectivity index (χ0v) is 9.19. The van der Waals surface area contributed by atoms with Crippen molar-refractivity contribution in [3.63, 3.8) is 0 Å². The maximum Gasteiger partial charge on any atom is 0.228 e. The Kier molecular flexibility index (Phi) is 2.48. The van der Waals surface area contributed by atoms with E-state index in [1.54, 1.807) is 6.92 Å². The number of aliphatic hydroxyl groups is 1. The van der Waals surface area contributed by atoms with Gasteiger partial charge in [0, 0.05) is 0 Å². The molecule has 0 bridgehead atoms. The van der Waals surface area contributed by atoms with Crippen LogP contribution in [0.5, 0.6) is 0 Å². The maximum absolute atomic E-state index is 11.2. The van der Waals surface area contributed by atoms with Gasteiger partial charge in [0.2, 0.25) is 5.91 Å². The fourth-order valence-electron chi connectivity index (χ4n) is 2.15. The number of carbonyl (C=O) groups is 1. The summed E-state index contributed by atoms with van der Waals surface area (Å²) in [4.78, 5) is 11.2. The Bertz CT molecular complexity index is 277. The van der Waals surface area contributed by atoms with Crippen molar-refractivity contribution in [2.75, 3.05) is 6.61 Å². The molecule has 86 valence electrons. The van der Waals surface area contributed by atoms with Crippen LogP contribution in [0.3, 0.4) is 0 Å². The van der Waals surface area contributed by atoms with Gasteiger partial charge in [-0.2, -0.15) is 0 Å². The van der Waals surface area contributed by atoms with E-state index < -0.39 is 11.9 Å². The third kappa shape index (κ3) is 1.87. The van der Waals surface area contributed by atoms with Crippen LogP contribution in [0.4, 0.5) is 0 Å². The summed E-state index contributed by atoms with van der Waals surface area (Å²) < 4.78 is 11.1. The molecule has 15 heavy (non-hydrogen) atoms. The molecule has 2 aliphatic rings. The van der Waals surface area contributed by atoms with Crippen LogP contribution in [0, 0.1) is 5.92 Å². The van der Waals surface area contributed by atoms with Gasteiger partial charge in [0.25, 0.3) is 0 Å². The second kappa shape index (κ2) is 3.43. The lowest BCUT2D eigenvalue weighted by Gasteiger charge is -2.41. The van der Waals surface area contributed by atoms with Crippen molar-refractivity contribution in [2.24, 2.45) is 5.92 Å². The first-order valence-electron chi connectivity index (χ1n) is 5.21. The molecule has 4 atom stereocenters. The van der Waals surface area contributed by atoms with Gasteiger partial charge in [-0.05, 0) is 20.8 Å². The summed E-state index contributed by atoms with van der Waals surface area (Å²) in [5.74, 6) is -1.07. The molecule has 2 fully saturated rings. The molecule has 5 heteroatoms. The van der Waals surface area contributed by atoms with Crippen molar-refractivity contribution in [2.45, 2.75) is 44.8 Å². The van der Waals surface area contributed by atoms with Gasteiger partial charge in [0.15, 0.2) is 5.79 Å². The first-order chi connectivity index (χ1) is 6.91. The van der Waals surface area contributed by atoms with Crippen molar-refractivity contribution in [1.29, 1.82) is 0 Å². The Morgan fingerprint density at radius 3 is 2.67 bits per heavy atom. The topological polar surface area (TPSA) is 67.8 Å². The third-order valence-electron chi connectivity index (χ3n) is 2.95. The lowest BCUT2D eigenvalue weighted by molar-refractivity contribution is -0.162. The van der Waals surface area contributed by atoms with Crippen molar-refractivity contribution in [1.82, 2.24) is 5.32 Å². The SMILES string of the molecule is C[C@@H](O)[C@H]1C(=O)N[C@@H]1[C@H]1COC(C)(C)O1. The molecule has 2 aliphatic heterocycles. The van der Waals surface area contributed by atoms with Crippen LogP contribution in [0.2, 0.25) is 0 Å². The van der Waals surface area contributed by atoms with E-state index in [2.05, 4.69) is 5.32 Å². The van der Waals surface area contributed by atoms with Gasteiger partial charge in [-0.15, -0.1) is 0 Å². The molecular weight excluding hydrogens is 198 g/mol. The quantitative estimate of drug-likeness (QED) is 0.617. The summed E-state index contributed by atoms with van der Waals surface area (Å²) >= 11 is 0. The molecule has 0 aromatic carbocycles. The zero-order chi connectivity index (χ0) is 11.2. The number of hydrogen-bond acceptors (Lipinski definition) is 4. The summed E-state index contributed by atoms with van der Waals surface area (Å²) in [6, 6.07) is -0.126. The van der Waals surface area contributed by atoms with Gasteiger partial charge < -0.3 is 19.9 Å². The van der Waals surface area contributed by atoms with Crippen molar-refractivity contribution < 1.29 is 19.4 Å². The van der Waals surface area contributed by atoms with E-state index in [9.17, 15) is 9.90 Å². The minimum atomic E-state index is -0.643. The molecule has 5 nitrogen and oxygen atoms in total. The molecule has 0 aromatic rings. The summed E-state index contributed by atoms with van der Waals surface area (Å²) in [6.07, 6.45) is -0.798. The van der Waals surface area contributed by atoms with E-state index in [1.165, 1.54) is 0 Å². The lowest BCUT2D eigenvalue weighted by Crippen LogP contribution is -2.67. The van der Waals surface area contributed by atoms with Crippen LogP contribution < -0.4 is 5.32 Å². The number of amides is 1. The van der Waals surface area contributed by atoms with Crippen LogP contribution in [0.15, 0.2) is 0 Å². The number of ether oxygens (including phenoxy) is 2. The molecule has 2 rings (SSSR count). The Balaban J connectivity index is 1.99. The number of hydrogen-bond donors (Lipinski definition) is 2. The van der Waals surface area contributed by atoms with Crippen LogP contribution in [-0.4, -0.2) is 41.7 Å². The van der Waals surface area contributed by atoms with E-state index >= 15 is 0 Å². The molecule has 0 aliphatic carbocycles. The van der Waals surface area contributed by atoms with Gasteiger partial charge in [-0.3, -0.25) is 4.79 Å². The first kappa shape index (κ1) is 10.9. The molecule has 2 heterocycles. The minimum Gasteiger partial charge on any atom is -0.393 e. The van der Waals surface area contributed by atoms with E-state index in [4.69, 9.17) is 9.47 Å². The monoisotopic (exact) mass is 215 g/mol. The average molecular weight is 215 g/mol. The molecule has 0 saturated carbocycles. The number of β-lactam (4-membered cyclic amide) rings is 1. The van der Waals surface area contributed by atoms with Crippen molar-refractivity contribution in [3.8, 4) is 0 Å². The highest BCUT2D eigenvalue weighted by atomic mass is 16.7. The van der Waals surface area contributed by atoms with Crippen molar-refractivity contribution >= 4 is 5.91 Å². The Hall–Kier alpha value is -0.650. The summed E-state index contributed by atoms with van der Waals surface area (Å²) in [5.41, 5.74) is 0. The highest BCUT2D eigenvalue weighted by molar-refractivity contribution is 5.86. The zero-order valence-electron chi connectivity index (χ0n) is 9.19. The Morgan fingerprint density at radius 2 is 2.27 bits per heavy atom. The minimum absolute atomic E-state index is 0.108. The van der Waals surface area contributed by atoms with Crippen LogP contribution >= 0.6 is 0 Å². The molecule has 0 radical (unpaired) electrons. The maximum atomic E-state index is 11.2. The fourth-order valence-corrected chi connectivity index (χ4v) is 2.15. The highest BCUT2D eigenvalue weighted by Crippen LogP contribution is 2.31. The predicted molar refractivity (Wildman–Crippen MR) is 52.0 cm³/mol. The largest absolute Gasteiger partial charge is 0.393 e.